The first-order valence-corrected chi connectivity index (χ1v) is 12.8. The summed E-state index contributed by atoms with van der Waals surface area (Å²) in [5, 5.41) is 4.19. The monoisotopic (exact) mass is 487 g/mol. The van der Waals surface area contributed by atoms with Crippen LogP contribution in [0, 0.1) is 0 Å². The van der Waals surface area contributed by atoms with Crippen LogP contribution < -0.4 is 15.4 Å². The van der Waals surface area contributed by atoms with Crippen LogP contribution in [0.15, 0.2) is 40.5 Å². The Bertz CT molecular complexity index is 1250. The molecule has 1 aliphatic carbocycles. The Balaban J connectivity index is 1.52. The summed E-state index contributed by atoms with van der Waals surface area (Å²) in [6, 6.07) is 4.57. The van der Waals surface area contributed by atoms with Crippen LogP contribution in [0.25, 0.3) is 0 Å². The molecule has 0 unspecified atom stereocenters. The molecule has 0 bridgehead atoms. The third-order valence-corrected chi connectivity index (χ3v) is 7.97. The molecule has 2 aromatic rings. The summed E-state index contributed by atoms with van der Waals surface area (Å²) in [4.78, 5) is 21.9. The number of nitrogens with two attached hydrogens (primary N) is 1. The first-order valence-electron chi connectivity index (χ1n) is 11.3. The van der Waals surface area contributed by atoms with Crippen LogP contribution >= 0.6 is 0 Å². The number of carbonyl (C=O) groups excluding carboxylic acids is 1. The van der Waals surface area contributed by atoms with Crippen LogP contribution in [0.4, 0.5) is 5.69 Å². The molecule has 1 fully saturated rings. The molecule has 2 aliphatic heterocycles. The normalized spacial score (nSPS) is 20.9. The van der Waals surface area contributed by atoms with Gasteiger partial charge in [-0.15, -0.1) is 0 Å². The van der Waals surface area contributed by atoms with E-state index in [1.807, 2.05) is 25.1 Å². The molecule has 34 heavy (non-hydrogen) atoms. The van der Waals surface area contributed by atoms with E-state index >= 15 is 0 Å². The van der Waals surface area contributed by atoms with Crippen molar-refractivity contribution in [1.29, 1.82) is 0 Å². The number of anilines is 1. The maximum absolute atomic E-state index is 13.6. The number of hydrogen-bond acceptors (Lipinski definition) is 8. The second-order valence-corrected chi connectivity index (χ2v) is 11.0. The highest BCUT2D eigenvalue weighted by atomic mass is 32.2. The number of amides is 1. The predicted octanol–water partition coefficient (Wildman–Crippen LogP) is 0.427. The van der Waals surface area contributed by atoms with Gasteiger partial charge < -0.3 is 15.4 Å². The Morgan fingerprint density at radius 2 is 2.12 bits per heavy atom. The van der Waals surface area contributed by atoms with E-state index in [9.17, 15) is 13.2 Å². The number of aromatic nitrogens is 2. The standard InChI is InChI=1S/C22H29N7O4S/c1-22(5-6-22)26-34(31,32)17-3-4-19-18(9-17)20(30)28(13-15-10-25-27(2)12-15)21-24-11-16(29(19)21)14-33-8-7-23/h3-4,9-10,12,16,26H,5-8,11,13-14,23H2,1-2H3/t16-/m0/s1. The lowest BCUT2D eigenvalue weighted by atomic mass is 10.1. The van der Waals surface area contributed by atoms with E-state index in [2.05, 4.69) is 14.8 Å². The van der Waals surface area contributed by atoms with Gasteiger partial charge in [0.05, 0.1) is 54.7 Å². The van der Waals surface area contributed by atoms with Gasteiger partial charge in [0.2, 0.25) is 16.0 Å². The maximum Gasteiger partial charge on any atom is 0.263 e. The molecule has 12 heteroatoms. The summed E-state index contributed by atoms with van der Waals surface area (Å²) in [6.07, 6.45) is 5.14. The minimum absolute atomic E-state index is 0.0737. The molecule has 11 nitrogen and oxygen atoms in total. The highest BCUT2D eigenvalue weighted by Crippen LogP contribution is 2.38. The van der Waals surface area contributed by atoms with Gasteiger partial charge in [0, 0.05) is 30.9 Å². The number of rotatable bonds is 9. The van der Waals surface area contributed by atoms with Gasteiger partial charge in [-0.05, 0) is 38.0 Å². The van der Waals surface area contributed by atoms with E-state index in [-0.39, 0.29) is 23.4 Å². The van der Waals surface area contributed by atoms with Crippen LogP contribution in [-0.2, 0) is 28.4 Å². The molecule has 0 spiro atoms. The smallest absolute Gasteiger partial charge is 0.263 e. The van der Waals surface area contributed by atoms with Gasteiger partial charge in [-0.25, -0.2) is 18.1 Å². The molecule has 0 saturated heterocycles. The molecule has 0 radical (unpaired) electrons. The third kappa shape index (κ3) is 4.22. The van der Waals surface area contributed by atoms with Crippen molar-refractivity contribution < 1.29 is 17.9 Å². The number of hydrogen-bond donors (Lipinski definition) is 2. The first-order chi connectivity index (χ1) is 16.2. The molecule has 1 saturated carbocycles. The summed E-state index contributed by atoms with van der Waals surface area (Å²) in [5.74, 6) is 0.231. The summed E-state index contributed by atoms with van der Waals surface area (Å²) in [7, 11) is -1.95. The van der Waals surface area contributed by atoms with Gasteiger partial charge in [-0.1, -0.05) is 0 Å². The summed E-state index contributed by atoms with van der Waals surface area (Å²) in [6.45, 7) is 3.82. The Morgan fingerprint density at radius 1 is 1.32 bits per heavy atom. The van der Waals surface area contributed by atoms with Gasteiger partial charge in [0.1, 0.15) is 0 Å². The maximum atomic E-state index is 13.6. The van der Waals surface area contributed by atoms with Crippen molar-refractivity contribution in [3.63, 3.8) is 0 Å². The van der Waals surface area contributed by atoms with E-state index in [4.69, 9.17) is 10.5 Å². The Kier molecular flexibility index (Phi) is 5.71. The van der Waals surface area contributed by atoms with E-state index in [0.29, 0.717) is 43.5 Å². The van der Waals surface area contributed by atoms with Crippen molar-refractivity contribution >= 4 is 27.6 Å². The van der Waals surface area contributed by atoms with E-state index < -0.39 is 15.6 Å². The predicted molar refractivity (Wildman–Crippen MR) is 126 cm³/mol. The van der Waals surface area contributed by atoms with Crippen LogP contribution in [0.2, 0.25) is 0 Å². The van der Waals surface area contributed by atoms with Crippen LogP contribution in [-0.4, -0.2) is 72.8 Å². The number of guanidine groups is 1. The fraction of sp³-hybridized carbons (Fsp3) is 0.500. The molecule has 1 aromatic carbocycles. The van der Waals surface area contributed by atoms with Gasteiger partial charge in [0.25, 0.3) is 5.91 Å². The van der Waals surface area contributed by atoms with Gasteiger partial charge >= 0.3 is 0 Å². The van der Waals surface area contributed by atoms with Crippen LogP contribution in [0.5, 0.6) is 0 Å². The number of fused-ring (bicyclic) bond motifs is 3. The van der Waals surface area contributed by atoms with Crippen LogP contribution in [0.3, 0.4) is 0 Å². The zero-order chi connectivity index (χ0) is 24.1. The Hall–Kier alpha value is -2.80. The number of aryl methyl sites for hydroxylation is 1. The molecule has 1 atom stereocenters. The molecule has 1 amide bonds. The number of ether oxygens (including phenoxy) is 1. The topological polar surface area (TPSA) is 135 Å². The highest BCUT2D eigenvalue weighted by molar-refractivity contribution is 7.89. The summed E-state index contributed by atoms with van der Waals surface area (Å²) in [5.41, 5.74) is 6.94. The molecule has 182 valence electrons. The third-order valence-electron chi connectivity index (χ3n) is 6.33. The number of aliphatic imine (C=N–C) groups is 1. The van der Waals surface area contributed by atoms with E-state index in [1.165, 1.54) is 6.07 Å². The second kappa shape index (κ2) is 8.45. The average Bonchev–Trinajstić information content (AvgIpc) is 3.17. The quantitative estimate of drug-likeness (QED) is 0.490. The van der Waals surface area contributed by atoms with E-state index in [1.54, 1.807) is 27.9 Å². The first kappa shape index (κ1) is 23.0. The van der Waals surface area contributed by atoms with Gasteiger partial charge in [0.15, 0.2) is 0 Å². The lowest BCUT2D eigenvalue weighted by Crippen LogP contribution is -2.53. The Labute approximate surface area is 198 Å². The molecule has 3 aliphatic rings. The van der Waals surface area contributed by atoms with Gasteiger partial charge in [-0.3, -0.25) is 14.4 Å². The second-order valence-electron chi connectivity index (χ2n) is 9.29. The lowest BCUT2D eigenvalue weighted by Gasteiger charge is -2.38. The van der Waals surface area contributed by atoms with Crippen molar-refractivity contribution in [2.45, 2.75) is 42.8 Å². The number of benzene rings is 1. The Morgan fingerprint density at radius 3 is 2.79 bits per heavy atom. The summed E-state index contributed by atoms with van der Waals surface area (Å²) >= 11 is 0. The van der Waals surface area contributed by atoms with Crippen LogP contribution in [0.1, 0.15) is 35.7 Å². The average molecular weight is 488 g/mol. The SMILES string of the molecule is Cn1cc(CN2C(=O)c3cc(S(=O)(=O)NC4(C)CC4)ccc3N3C2=NC[C@H]3COCCN)cn1. The molecular weight excluding hydrogens is 458 g/mol. The van der Waals surface area contributed by atoms with Crippen molar-refractivity contribution in [3.8, 4) is 0 Å². The van der Waals surface area contributed by atoms with Crippen molar-refractivity contribution in [2.24, 2.45) is 17.8 Å². The van der Waals surface area contributed by atoms with Crippen molar-refractivity contribution in [3.05, 3.63) is 41.7 Å². The van der Waals surface area contributed by atoms with Crippen molar-refractivity contribution in [1.82, 2.24) is 19.4 Å². The zero-order valence-corrected chi connectivity index (χ0v) is 20.1. The lowest BCUT2D eigenvalue weighted by molar-refractivity contribution is 0.0829. The number of sulfonamides is 1. The molecule has 3 N–H and O–H groups in total. The minimum atomic E-state index is -3.76. The zero-order valence-electron chi connectivity index (χ0n) is 19.3. The minimum Gasteiger partial charge on any atom is -0.378 e. The number of carbonyl (C=O) groups is 1. The van der Waals surface area contributed by atoms with Gasteiger partial charge in [-0.2, -0.15) is 5.10 Å². The molecule has 1 aromatic heterocycles. The molecule has 5 rings (SSSR count). The largest absolute Gasteiger partial charge is 0.378 e. The van der Waals surface area contributed by atoms with Crippen molar-refractivity contribution in [2.75, 3.05) is 31.2 Å². The van der Waals surface area contributed by atoms with E-state index in [0.717, 1.165) is 18.4 Å². The highest BCUT2D eigenvalue weighted by Gasteiger charge is 2.44. The fourth-order valence-electron chi connectivity index (χ4n) is 4.31. The number of nitrogens with one attached hydrogen (secondary N) is 1. The summed E-state index contributed by atoms with van der Waals surface area (Å²) < 4.78 is 36.1. The molecule has 3 heterocycles. The number of nitrogens with zero attached hydrogens (tertiary/aromatic N) is 5. The fourth-order valence-corrected chi connectivity index (χ4v) is 5.80. The molecular formula is C22H29N7O4S.